The summed E-state index contributed by atoms with van der Waals surface area (Å²) in [7, 11) is 0. The Bertz CT molecular complexity index is 1340. The van der Waals surface area contributed by atoms with E-state index in [9.17, 15) is 5.11 Å². The molecule has 0 amide bonds. The monoisotopic (exact) mass is 352 g/mol. The fraction of sp³-hybridized carbons (Fsp3) is 0.125. The number of aromatic nitrogens is 2. The van der Waals surface area contributed by atoms with Crippen LogP contribution in [0.15, 0.2) is 60.8 Å². The Hall–Kier alpha value is -3.33. The van der Waals surface area contributed by atoms with Crippen molar-refractivity contribution in [2.45, 2.75) is 20.8 Å². The summed E-state index contributed by atoms with van der Waals surface area (Å²) < 4.78 is 2.22. The SMILES string of the molecule is Cc1cc(C)c(-c2cnc3c4cc(O)ccc4c4ccccc4n23)c(C)c1. The van der Waals surface area contributed by atoms with Crippen molar-refractivity contribution < 1.29 is 5.11 Å². The second-order valence-corrected chi connectivity index (χ2v) is 7.32. The van der Waals surface area contributed by atoms with Crippen molar-refractivity contribution in [3.63, 3.8) is 0 Å². The summed E-state index contributed by atoms with van der Waals surface area (Å²) in [6.45, 7) is 6.44. The minimum absolute atomic E-state index is 0.256. The molecular formula is C24H20N2O. The van der Waals surface area contributed by atoms with Gasteiger partial charge in [0, 0.05) is 16.3 Å². The number of nitrogens with zero attached hydrogens (tertiary/aromatic N) is 2. The predicted octanol–water partition coefficient (Wildman–Crippen LogP) is 5.94. The van der Waals surface area contributed by atoms with Gasteiger partial charge in [-0.25, -0.2) is 4.98 Å². The van der Waals surface area contributed by atoms with Crippen LogP contribution in [0.3, 0.4) is 0 Å². The molecule has 3 aromatic carbocycles. The fourth-order valence-corrected chi connectivity index (χ4v) is 4.39. The third kappa shape index (κ3) is 2.25. The molecule has 3 heteroatoms. The molecule has 5 aromatic rings. The Morgan fingerprint density at radius 2 is 1.56 bits per heavy atom. The largest absolute Gasteiger partial charge is 0.508 e. The van der Waals surface area contributed by atoms with E-state index in [1.54, 1.807) is 6.07 Å². The van der Waals surface area contributed by atoms with Crippen LogP contribution >= 0.6 is 0 Å². The average Bonchev–Trinajstić information content (AvgIpc) is 3.06. The van der Waals surface area contributed by atoms with Crippen molar-refractivity contribution in [2.75, 3.05) is 0 Å². The topological polar surface area (TPSA) is 37.5 Å². The Labute approximate surface area is 157 Å². The van der Waals surface area contributed by atoms with E-state index in [0.29, 0.717) is 0 Å². The van der Waals surface area contributed by atoms with E-state index < -0.39 is 0 Å². The van der Waals surface area contributed by atoms with Gasteiger partial charge in [-0.3, -0.25) is 4.40 Å². The lowest BCUT2D eigenvalue weighted by molar-refractivity contribution is 0.476. The van der Waals surface area contributed by atoms with Gasteiger partial charge in [0.15, 0.2) is 0 Å². The molecule has 5 rings (SSSR count). The third-order valence-corrected chi connectivity index (χ3v) is 5.37. The van der Waals surface area contributed by atoms with Gasteiger partial charge < -0.3 is 5.11 Å². The summed E-state index contributed by atoms with van der Waals surface area (Å²) >= 11 is 0. The summed E-state index contributed by atoms with van der Waals surface area (Å²) in [5.41, 5.74) is 8.05. The van der Waals surface area contributed by atoms with Crippen molar-refractivity contribution in [3.05, 3.63) is 77.5 Å². The van der Waals surface area contributed by atoms with Gasteiger partial charge in [-0.15, -0.1) is 0 Å². The second-order valence-electron chi connectivity index (χ2n) is 7.32. The summed E-state index contributed by atoms with van der Waals surface area (Å²) in [4.78, 5) is 4.77. The van der Waals surface area contributed by atoms with Crippen LogP contribution in [0.1, 0.15) is 16.7 Å². The molecule has 0 fully saturated rings. The summed E-state index contributed by atoms with van der Waals surface area (Å²) in [5, 5.41) is 13.3. The average molecular weight is 352 g/mol. The molecule has 2 heterocycles. The Morgan fingerprint density at radius 3 is 2.33 bits per heavy atom. The van der Waals surface area contributed by atoms with E-state index in [0.717, 1.165) is 33.0 Å². The lowest BCUT2D eigenvalue weighted by Gasteiger charge is -2.14. The highest BCUT2D eigenvalue weighted by molar-refractivity contribution is 6.12. The van der Waals surface area contributed by atoms with E-state index in [2.05, 4.69) is 61.6 Å². The summed E-state index contributed by atoms with van der Waals surface area (Å²) in [6.07, 6.45) is 1.95. The highest BCUT2D eigenvalue weighted by atomic mass is 16.3. The van der Waals surface area contributed by atoms with Crippen LogP contribution in [-0.2, 0) is 0 Å². The molecule has 27 heavy (non-hydrogen) atoms. The Kier molecular flexibility index (Phi) is 3.28. The van der Waals surface area contributed by atoms with E-state index >= 15 is 0 Å². The Morgan fingerprint density at radius 1 is 0.815 bits per heavy atom. The molecule has 0 spiro atoms. The van der Waals surface area contributed by atoms with Crippen LogP contribution in [0.5, 0.6) is 5.75 Å². The summed E-state index contributed by atoms with van der Waals surface area (Å²) in [6, 6.07) is 18.3. The van der Waals surface area contributed by atoms with Crippen molar-refractivity contribution in [1.82, 2.24) is 9.38 Å². The predicted molar refractivity (Wildman–Crippen MR) is 112 cm³/mol. The number of aromatic hydroxyl groups is 1. The number of pyridine rings is 1. The van der Waals surface area contributed by atoms with Crippen molar-refractivity contribution >= 4 is 27.3 Å². The number of phenols is 1. The number of para-hydroxylation sites is 1. The van der Waals surface area contributed by atoms with E-state index in [1.807, 2.05) is 18.3 Å². The van der Waals surface area contributed by atoms with Crippen LogP contribution in [0, 0.1) is 20.8 Å². The number of hydrogen-bond donors (Lipinski definition) is 1. The fourth-order valence-electron chi connectivity index (χ4n) is 4.39. The van der Waals surface area contributed by atoms with Gasteiger partial charge in [0.05, 0.1) is 17.4 Å². The Balaban J connectivity index is 2.02. The van der Waals surface area contributed by atoms with Gasteiger partial charge in [0.2, 0.25) is 0 Å². The molecule has 3 nitrogen and oxygen atoms in total. The van der Waals surface area contributed by atoms with Gasteiger partial charge >= 0.3 is 0 Å². The lowest BCUT2D eigenvalue weighted by Crippen LogP contribution is -1.97. The molecule has 0 saturated carbocycles. The van der Waals surface area contributed by atoms with E-state index in [1.165, 1.54) is 22.3 Å². The number of benzene rings is 3. The van der Waals surface area contributed by atoms with Crippen LogP contribution < -0.4 is 0 Å². The molecule has 132 valence electrons. The molecule has 0 radical (unpaired) electrons. The number of phenolic OH excluding ortho intramolecular Hbond substituents is 1. The normalized spacial score (nSPS) is 11.7. The molecule has 0 unspecified atom stereocenters. The highest BCUT2D eigenvalue weighted by Gasteiger charge is 2.17. The number of aryl methyl sites for hydroxylation is 3. The quantitative estimate of drug-likeness (QED) is 0.379. The van der Waals surface area contributed by atoms with Gasteiger partial charge in [0.25, 0.3) is 0 Å². The number of imidazole rings is 1. The van der Waals surface area contributed by atoms with E-state index in [4.69, 9.17) is 4.98 Å². The zero-order valence-electron chi connectivity index (χ0n) is 15.6. The minimum Gasteiger partial charge on any atom is -0.508 e. The molecule has 1 N–H and O–H groups in total. The standard InChI is InChI=1S/C24H20N2O/c1-14-10-15(2)23(16(3)11-14)22-13-25-24-20-12-17(27)8-9-18(20)19-6-4-5-7-21(19)26(22)24/h4-13,27H,1-3H3. The van der Waals surface area contributed by atoms with Gasteiger partial charge in [0.1, 0.15) is 11.4 Å². The van der Waals surface area contributed by atoms with Gasteiger partial charge in [-0.1, -0.05) is 35.9 Å². The maximum atomic E-state index is 10.1. The van der Waals surface area contributed by atoms with Crippen molar-refractivity contribution in [3.8, 4) is 17.0 Å². The maximum absolute atomic E-state index is 10.1. The zero-order chi connectivity index (χ0) is 18.7. The molecule has 2 aromatic heterocycles. The smallest absolute Gasteiger partial charge is 0.145 e. The number of fused-ring (bicyclic) bond motifs is 6. The highest BCUT2D eigenvalue weighted by Crippen LogP contribution is 2.36. The van der Waals surface area contributed by atoms with Crippen LogP contribution in [0.2, 0.25) is 0 Å². The van der Waals surface area contributed by atoms with Crippen molar-refractivity contribution in [2.24, 2.45) is 0 Å². The molecular weight excluding hydrogens is 332 g/mol. The number of hydrogen-bond acceptors (Lipinski definition) is 2. The molecule has 0 aliphatic rings. The summed E-state index contributed by atoms with van der Waals surface area (Å²) in [5.74, 6) is 0.256. The molecule has 0 atom stereocenters. The van der Waals surface area contributed by atoms with Gasteiger partial charge in [-0.2, -0.15) is 0 Å². The lowest BCUT2D eigenvalue weighted by atomic mass is 9.97. The number of rotatable bonds is 1. The van der Waals surface area contributed by atoms with Crippen LogP contribution in [-0.4, -0.2) is 14.5 Å². The van der Waals surface area contributed by atoms with E-state index in [-0.39, 0.29) is 5.75 Å². The molecule has 0 aliphatic heterocycles. The second kappa shape index (κ2) is 5.58. The van der Waals surface area contributed by atoms with Gasteiger partial charge in [-0.05, 0) is 61.5 Å². The third-order valence-electron chi connectivity index (χ3n) is 5.37. The molecule has 0 saturated heterocycles. The first-order valence-electron chi connectivity index (χ1n) is 9.13. The first-order valence-corrected chi connectivity index (χ1v) is 9.13. The first-order chi connectivity index (χ1) is 13.0. The molecule has 0 bridgehead atoms. The zero-order valence-corrected chi connectivity index (χ0v) is 15.6. The van der Waals surface area contributed by atoms with Crippen molar-refractivity contribution in [1.29, 1.82) is 0 Å². The van der Waals surface area contributed by atoms with Crippen LogP contribution in [0.4, 0.5) is 0 Å². The minimum atomic E-state index is 0.256. The maximum Gasteiger partial charge on any atom is 0.145 e. The van der Waals surface area contributed by atoms with Crippen LogP contribution in [0.25, 0.3) is 38.6 Å². The first kappa shape index (κ1) is 15.9. The molecule has 0 aliphatic carbocycles.